The maximum Gasteiger partial charge on any atom is 0.407 e. The van der Waals surface area contributed by atoms with Gasteiger partial charge in [-0.05, 0) is 26.7 Å². The summed E-state index contributed by atoms with van der Waals surface area (Å²) in [7, 11) is 0. The van der Waals surface area contributed by atoms with Gasteiger partial charge in [0.25, 0.3) is 0 Å². The predicted octanol–water partition coefficient (Wildman–Crippen LogP) is 3.13. The highest BCUT2D eigenvalue weighted by Gasteiger charge is 2.39. The molecule has 0 aromatic carbocycles. The monoisotopic (exact) mass is 287 g/mol. The lowest BCUT2D eigenvalue weighted by molar-refractivity contribution is -0.170. The summed E-state index contributed by atoms with van der Waals surface area (Å²) in [5.74, 6) is -0.518. The fourth-order valence-electron chi connectivity index (χ4n) is 1.27. The van der Waals surface area contributed by atoms with Gasteiger partial charge in [-0.2, -0.15) is 0 Å². The van der Waals surface area contributed by atoms with Crippen molar-refractivity contribution in [2.75, 3.05) is 6.61 Å². The topological polar surface area (TPSA) is 64.6 Å². The zero-order valence-corrected chi connectivity index (χ0v) is 14.0. The first kappa shape index (κ1) is 18.7. The first-order valence-electron chi connectivity index (χ1n) is 7.08. The predicted molar refractivity (Wildman–Crippen MR) is 78.4 cm³/mol. The van der Waals surface area contributed by atoms with Gasteiger partial charge < -0.3 is 14.8 Å². The van der Waals surface area contributed by atoms with Crippen LogP contribution in [-0.2, 0) is 14.3 Å². The lowest BCUT2D eigenvalue weighted by Gasteiger charge is -2.39. The molecule has 1 amide bonds. The van der Waals surface area contributed by atoms with Crippen LogP contribution in [0, 0.1) is 11.3 Å². The Bertz CT molecular complexity index is 342. The summed E-state index contributed by atoms with van der Waals surface area (Å²) >= 11 is 0. The Balaban J connectivity index is 4.88. The lowest BCUT2D eigenvalue weighted by Crippen LogP contribution is -2.50. The summed E-state index contributed by atoms with van der Waals surface area (Å²) in [5.41, 5.74) is -0.832. The molecule has 0 fully saturated rings. The van der Waals surface area contributed by atoms with Crippen molar-refractivity contribution in [3.8, 4) is 0 Å². The number of rotatable bonds is 5. The van der Waals surface area contributed by atoms with Gasteiger partial charge in [0.15, 0.2) is 0 Å². The van der Waals surface area contributed by atoms with E-state index in [1.807, 2.05) is 48.5 Å². The average molecular weight is 287 g/mol. The van der Waals surface area contributed by atoms with Gasteiger partial charge in [0, 0.05) is 5.41 Å². The molecule has 0 saturated carbocycles. The van der Waals surface area contributed by atoms with Crippen molar-refractivity contribution in [2.45, 2.75) is 67.0 Å². The highest BCUT2D eigenvalue weighted by Crippen LogP contribution is 2.33. The Kier molecular flexibility index (Phi) is 6.51. The number of hydrogen-bond acceptors (Lipinski definition) is 4. The van der Waals surface area contributed by atoms with Crippen molar-refractivity contribution >= 4 is 12.1 Å². The Morgan fingerprint density at radius 3 is 1.95 bits per heavy atom. The largest absolute Gasteiger partial charge is 0.458 e. The number of alkyl carbamates (subject to hydrolysis) is 1. The van der Waals surface area contributed by atoms with Gasteiger partial charge in [0.2, 0.25) is 0 Å². The number of carbonyl (C=O) groups is 2. The molecule has 0 aliphatic heterocycles. The van der Waals surface area contributed by atoms with Gasteiger partial charge in [-0.3, -0.25) is 0 Å². The first-order chi connectivity index (χ1) is 8.92. The summed E-state index contributed by atoms with van der Waals surface area (Å²) in [6.45, 7) is 15.4. The molecule has 0 heterocycles. The smallest absolute Gasteiger partial charge is 0.407 e. The fourth-order valence-corrected chi connectivity index (χ4v) is 1.27. The van der Waals surface area contributed by atoms with Crippen LogP contribution in [0.1, 0.15) is 55.4 Å². The molecule has 1 unspecified atom stereocenters. The number of esters is 1. The number of hydrogen-bond donors (Lipinski definition) is 1. The maximum atomic E-state index is 12.3. The zero-order valence-electron chi connectivity index (χ0n) is 14.0. The van der Waals surface area contributed by atoms with Crippen LogP contribution in [0.2, 0.25) is 0 Å². The summed E-state index contributed by atoms with van der Waals surface area (Å²) < 4.78 is 10.4. The molecular weight excluding hydrogens is 258 g/mol. The van der Waals surface area contributed by atoms with E-state index in [1.165, 1.54) is 0 Å². The van der Waals surface area contributed by atoms with E-state index >= 15 is 0 Å². The number of amides is 1. The number of nitrogens with one attached hydrogen (secondary N) is 1. The molecule has 0 aliphatic rings. The van der Waals surface area contributed by atoms with Crippen LogP contribution in [0.15, 0.2) is 0 Å². The van der Waals surface area contributed by atoms with Gasteiger partial charge in [-0.15, -0.1) is 0 Å². The fraction of sp³-hybridized carbons (Fsp3) is 0.867. The van der Waals surface area contributed by atoms with Crippen molar-refractivity contribution in [3.63, 3.8) is 0 Å². The van der Waals surface area contributed by atoms with E-state index in [0.29, 0.717) is 0 Å². The summed E-state index contributed by atoms with van der Waals surface area (Å²) in [4.78, 5) is 23.8. The van der Waals surface area contributed by atoms with Crippen LogP contribution in [0.3, 0.4) is 0 Å². The van der Waals surface area contributed by atoms with Crippen LogP contribution >= 0.6 is 0 Å². The molecule has 0 saturated heterocycles. The standard InChI is InChI=1S/C15H29NO4/c1-9-19-13(18)16-11(10(2)3)12(17)20-15(7,8)14(4,5)6/h10-11H,9H2,1-8H3,(H,16,18). The summed E-state index contributed by atoms with van der Waals surface area (Å²) in [6.07, 6.45) is -0.600. The van der Waals surface area contributed by atoms with Crippen molar-refractivity contribution in [1.82, 2.24) is 5.32 Å². The van der Waals surface area contributed by atoms with Crippen molar-refractivity contribution in [2.24, 2.45) is 11.3 Å². The third-order valence-corrected chi connectivity index (χ3v) is 3.63. The maximum absolute atomic E-state index is 12.3. The summed E-state index contributed by atoms with van der Waals surface area (Å²) in [5, 5.41) is 2.56. The van der Waals surface area contributed by atoms with E-state index in [1.54, 1.807) is 6.92 Å². The molecule has 5 heteroatoms. The van der Waals surface area contributed by atoms with Crippen LogP contribution in [0.25, 0.3) is 0 Å². The second kappa shape index (κ2) is 6.95. The average Bonchev–Trinajstić information content (AvgIpc) is 2.23. The minimum Gasteiger partial charge on any atom is -0.458 e. The second-order valence-electron chi connectivity index (χ2n) is 6.77. The van der Waals surface area contributed by atoms with Gasteiger partial charge in [0.1, 0.15) is 11.6 Å². The van der Waals surface area contributed by atoms with Crippen LogP contribution in [-0.4, -0.2) is 30.3 Å². The van der Waals surface area contributed by atoms with Crippen molar-refractivity contribution in [3.05, 3.63) is 0 Å². The Morgan fingerprint density at radius 2 is 1.60 bits per heavy atom. The SMILES string of the molecule is CCOC(=O)NC(C(=O)OC(C)(C)C(C)(C)C)C(C)C. The van der Waals surface area contributed by atoms with Crippen molar-refractivity contribution in [1.29, 1.82) is 0 Å². The molecule has 118 valence electrons. The third-order valence-electron chi connectivity index (χ3n) is 3.63. The van der Waals surface area contributed by atoms with E-state index in [0.717, 1.165) is 0 Å². The van der Waals surface area contributed by atoms with Gasteiger partial charge in [-0.1, -0.05) is 34.6 Å². The molecule has 5 nitrogen and oxygen atoms in total. The van der Waals surface area contributed by atoms with E-state index in [2.05, 4.69) is 5.32 Å². The quantitative estimate of drug-likeness (QED) is 0.789. The van der Waals surface area contributed by atoms with E-state index in [9.17, 15) is 9.59 Å². The molecule has 0 radical (unpaired) electrons. The lowest BCUT2D eigenvalue weighted by atomic mass is 9.79. The molecular formula is C15H29NO4. The first-order valence-corrected chi connectivity index (χ1v) is 7.08. The highest BCUT2D eigenvalue weighted by atomic mass is 16.6. The molecule has 0 aromatic rings. The van der Waals surface area contributed by atoms with E-state index in [4.69, 9.17) is 9.47 Å². The zero-order chi connectivity index (χ0) is 16.1. The molecule has 0 rings (SSSR count). The van der Waals surface area contributed by atoms with Crippen LogP contribution in [0.4, 0.5) is 4.79 Å². The highest BCUT2D eigenvalue weighted by molar-refractivity contribution is 5.81. The molecule has 20 heavy (non-hydrogen) atoms. The molecule has 0 aliphatic carbocycles. The molecule has 1 atom stereocenters. The number of carbonyl (C=O) groups excluding carboxylic acids is 2. The van der Waals surface area contributed by atoms with Gasteiger partial charge >= 0.3 is 12.1 Å². The molecule has 0 aromatic heterocycles. The van der Waals surface area contributed by atoms with E-state index < -0.39 is 23.7 Å². The van der Waals surface area contributed by atoms with Crippen LogP contribution < -0.4 is 5.32 Å². The molecule has 1 N–H and O–H groups in total. The van der Waals surface area contributed by atoms with E-state index in [-0.39, 0.29) is 17.9 Å². The van der Waals surface area contributed by atoms with Crippen LogP contribution in [0.5, 0.6) is 0 Å². The Morgan fingerprint density at radius 1 is 1.10 bits per heavy atom. The second-order valence-corrected chi connectivity index (χ2v) is 6.77. The molecule has 0 spiro atoms. The normalized spacial score (nSPS) is 13.8. The summed E-state index contributed by atoms with van der Waals surface area (Å²) in [6, 6.07) is -0.712. The van der Waals surface area contributed by atoms with Gasteiger partial charge in [-0.25, -0.2) is 9.59 Å². The van der Waals surface area contributed by atoms with Gasteiger partial charge in [0.05, 0.1) is 6.61 Å². The number of ether oxygens (including phenoxy) is 2. The Labute approximate surface area is 122 Å². The minimum atomic E-state index is -0.712. The minimum absolute atomic E-state index is 0.0809. The third kappa shape index (κ3) is 5.39. The van der Waals surface area contributed by atoms with Crippen molar-refractivity contribution < 1.29 is 19.1 Å². The Hall–Kier alpha value is -1.26. The molecule has 0 bridgehead atoms.